The standard InChI is InChI=1S/C30H41N9O2/c1-3-25-31-23-6-4-5-7-24(23)39(25)30-33-28-27(29(34-30)38-16-20-41-21-17-38)32-26(35(28)2)8-11-36-12-14-37(15-13-36)22-9-18-40-19-10-22/h4-7,22H,3,8-21H2,1-2H3. The van der Waals surface area contributed by atoms with Crippen LogP contribution in [0.5, 0.6) is 0 Å². The third kappa shape index (κ3) is 5.20. The van der Waals surface area contributed by atoms with Crippen LogP contribution in [0.1, 0.15) is 31.4 Å². The van der Waals surface area contributed by atoms with Crippen molar-refractivity contribution in [2.24, 2.45) is 7.05 Å². The first-order valence-electron chi connectivity index (χ1n) is 15.3. The van der Waals surface area contributed by atoms with E-state index in [-0.39, 0.29) is 0 Å². The van der Waals surface area contributed by atoms with Gasteiger partial charge in [0, 0.05) is 85.0 Å². The van der Waals surface area contributed by atoms with E-state index >= 15 is 0 Å². The Labute approximate surface area is 241 Å². The monoisotopic (exact) mass is 559 g/mol. The van der Waals surface area contributed by atoms with Crippen LogP contribution in [0.3, 0.4) is 0 Å². The number of hydrogen-bond acceptors (Lipinski definition) is 9. The van der Waals surface area contributed by atoms with E-state index in [4.69, 9.17) is 29.4 Å². The van der Waals surface area contributed by atoms with E-state index < -0.39 is 0 Å². The maximum Gasteiger partial charge on any atom is 0.239 e. The SMILES string of the molecule is CCc1nc2ccccc2n1-c1nc(N2CCOCC2)c2nc(CCN3CCN(C4CCOCC4)CC3)n(C)c2n1. The Hall–Kier alpha value is -3.12. The first-order valence-corrected chi connectivity index (χ1v) is 15.3. The van der Waals surface area contributed by atoms with Gasteiger partial charge in [-0.15, -0.1) is 0 Å². The molecule has 3 aromatic heterocycles. The third-order valence-electron chi connectivity index (χ3n) is 9.00. The van der Waals surface area contributed by atoms with Gasteiger partial charge in [-0.25, -0.2) is 9.97 Å². The highest BCUT2D eigenvalue weighted by atomic mass is 16.5. The minimum absolute atomic E-state index is 0.656. The van der Waals surface area contributed by atoms with Gasteiger partial charge in [-0.2, -0.15) is 9.97 Å². The van der Waals surface area contributed by atoms with Crippen molar-refractivity contribution in [1.29, 1.82) is 0 Å². The zero-order chi connectivity index (χ0) is 27.8. The van der Waals surface area contributed by atoms with E-state index in [1.165, 1.54) is 12.8 Å². The number of aromatic nitrogens is 6. The molecule has 0 aliphatic carbocycles. The van der Waals surface area contributed by atoms with Crippen LogP contribution in [-0.4, -0.2) is 117 Å². The fourth-order valence-electron chi connectivity index (χ4n) is 6.60. The van der Waals surface area contributed by atoms with Crippen molar-refractivity contribution in [2.75, 3.05) is 77.1 Å². The maximum absolute atomic E-state index is 5.67. The molecule has 0 amide bonds. The Morgan fingerprint density at radius 1 is 0.829 bits per heavy atom. The molecule has 218 valence electrons. The zero-order valence-electron chi connectivity index (χ0n) is 24.3. The quantitative estimate of drug-likeness (QED) is 0.339. The van der Waals surface area contributed by atoms with Crippen LogP contribution in [0.2, 0.25) is 0 Å². The number of ether oxygens (including phenoxy) is 2. The molecule has 7 rings (SSSR count). The number of aryl methyl sites for hydroxylation is 2. The molecule has 0 N–H and O–H groups in total. The number of hydrogen-bond donors (Lipinski definition) is 0. The van der Waals surface area contributed by atoms with Crippen LogP contribution in [-0.2, 0) is 29.4 Å². The van der Waals surface area contributed by atoms with Crippen molar-refractivity contribution in [3.8, 4) is 5.95 Å². The Bertz CT molecular complexity index is 1490. The van der Waals surface area contributed by atoms with E-state index in [1.807, 2.05) is 12.1 Å². The highest BCUT2D eigenvalue weighted by Gasteiger charge is 2.27. The molecule has 0 unspecified atom stereocenters. The molecule has 4 aromatic rings. The van der Waals surface area contributed by atoms with Crippen molar-refractivity contribution in [3.05, 3.63) is 35.9 Å². The average molecular weight is 560 g/mol. The van der Waals surface area contributed by atoms with Gasteiger partial charge in [-0.3, -0.25) is 9.47 Å². The summed E-state index contributed by atoms with van der Waals surface area (Å²) >= 11 is 0. The summed E-state index contributed by atoms with van der Waals surface area (Å²) in [5.74, 6) is 3.56. The number of piperazine rings is 1. The summed E-state index contributed by atoms with van der Waals surface area (Å²) < 4.78 is 15.5. The third-order valence-corrected chi connectivity index (χ3v) is 9.00. The van der Waals surface area contributed by atoms with Crippen LogP contribution in [0.4, 0.5) is 5.82 Å². The van der Waals surface area contributed by atoms with Crippen molar-refractivity contribution in [2.45, 2.75) is 38.6 Å². The van der Waals surface area contributed by atoms with Gasteiger partial charge in [0.25, 0.3) is 0 Å². The van der Waals surface area contributed by atoms with E-state index in [1.54, 1.807) is 0 Å². The summed E-state index contributed by atoms with van der Waals surface area (Å²) in [5.41, 5.74) is 3.73. The van der Waals surface area contributed by atoms with Crippen LogP contribution < -0.4 is 4.90 Å². The fraction of sp³-hybridized carbons (Fsp3) is 0.600. The summed E-state index contributed by atoms with van der Waals surface area (Å²) in [6.45, 7) is 12.4. The van der Waals surface area contributed by atoms with E-state index in [2.05, 4.69) is 49.9 Å². The molecule has 0 atom stereocenters. The molecule has 1 aromatic carbocycles. The Kier molecular flexibility index (Phi) is 7.59. The van der Waals surface area contributed by atoms with Gasteiger partial charge in [0.05, 0.1) is 24.2 Å². The van der Waals surface area contributed by atoms with Crippen molar-refractivity contribution < 1.29 is 9.47 Å². The Morgan fingerprint density at radius 2 is 1.59 bits per heavy atom. The summed E-state index contributed by atoms with van der Waals surface area (Å²) in [5, 5.41) is 0. The second-order valence-corrected chi connectivity index (χ2v) is 11.4. The molecular weight excluding hydrogens is 518 g/mol. The van der Waals surface area contributed by atoms with Crippen molar-refractivity contribution >= 4 is 28.0 Å². The topological polar surface area (TPSA) is 89.6 Å². The normalized spacial score (nSPS) is 20.0. The molecule has 0 spiro atoms. The summed E-state index contributed by atoms with van der Waals surface area (Å²) in [4.78, 5) is 27.9. The lowest BCUT2D eigenvalue weighted by Crippen LogP contribution is -2.51. The first kappa shape index (κ1) is 26.8. The Balaban J connectivity index is 1.18. The average Bonchev–Trinajstić information content (AvgIpc) is 3.57. The van der Waals surface area contributed by atoms with Crippen LogP contribution in [0.25, 0.3) is 28.1 Å². The largest absolute Gasteiger partial charge is 0.381 e. The highest BCUT2D eigenvalue weighted by molar-refractivity contribution is 5.86. The second-order valence-electron chi connectivity index (χ2n) is 11.4. The van der Waals surface area contributed by atoms with Gasteiger partial charge in [0.15, 0.2) is 17.0 Å². The number of imidazole rings is 2. The molecule has 3 saturated heterocycles. The number of benzene rings is 1. The molecular formula is C30H41N9O2. The van der Waals surface area contributed by atoms with Gasteiger partial charge in [0.2, 0.25) is 5.95 Å². The van der Waals surface area contributed by atoms with Crippen LogP contribution >= 0.6 is 0 Å². The lowest BCUT2D eigenvalue weighted by atomic mass is 10.1. The van der Waals surface area contributed by atoms with Gasteiger partial charge >= 0.3 is 0 Å². The molecule has 3 aliphatic rings. The van der Waals surface area contributed by atoms with Crippen LogP contribution in [0, 0.1) is 0 Å². The number of morpholine rings is 1. The summed E-state index contributed by atoms with van der Waals surface area (Å²) in [7, 11) is 2.10. The van der Waals surface area contributed by atoms with E-state index in [9.17, 15) is 0 Å². The summed E-state index contributed by atoms with van der Waals surface area (Å²) in [6, 6.07) is 8.92. The zero-order valence-corrected chi connectivity index (χ0v) is 24.3. The Morgan fingerprint density at radius 3 is 2.37 bits per heavy atom. The second kappa shape index (κ2) is 11.6. The minimum Gasteiger partial charge on any atom is -0.381 e. The molecule has 41 heavy (non-hydrogen) atoms. The molecule has 3 aliphatic heterocycles. The number of nitrogens with zero attached hydrogens (tertiary/aromatic N) is 9. The highest BCUT2D eigenvalue weighted by Crippen LogP contribution is 2.28. The summed E-state index contributed by atoms with van der Waals surface area (Å²) in [6.07, 6.45) is 4.02. The molecule has 6 heterocycles. The smallest absolute Gasteiger partial charge is 0.239 e. The first-order chi connectivity index (χ1) is 20.2. The molecule has 0 bridgehead atoms. The van der Waals surface area contributed by atoms with Crippen molar-refractivity contribution in [1.82, 2.24) is 38.9 Å². The van der Waals surface area contributed by atoms with Gasteiger partial charge in [-0.05, 0) is 25.0 Å². The van der Waals surface area contributed by atoms with Crippen LogP contribution in [0.15, 0.2) is 24.3 Å². The molecule has 0 radical (unpaired) electrons. The lowest BCUT2D eigenvalue weighted by Gasteiger charge is -2.40. The lowest BCUT2D eigenvalue weighted by molar-refractivity contribution is 0.0139. The number of rotatable bonds is 7. The minimum atomic E-state index is 0.656. The number of fused-ring (bicyclic) bond motifs is 2. The predicted molar refractivity (Wildman–Crippen MR) is 159 cm³/mol. The van der Waals surface area contributed by atoms with E-state index in [0.29, 0.717) is 25.2 Å². The molecule has 11 nitrogen and oxygen atoms in total. The van der Waals surface area contributed by atoms with Crippen molar-refractivity contribution in [3.63, 3.8) is 0 Å². The van der Waals surface area contributed by atoms with E-state index in [0.717, 1.165) is 112 Å². The van der Waals surface area contributed by atoms with Gasteiger partial charge in [-0.1, -0.05) is 19.1 Å². The van der Waals surface area contributed by atoms with Gasteiger partial charge in [0.1, 0.15) is 11.6 Å². The number of anilines is 1. The fourth-order valence-corrected chi connectivity index (χ4v) is 6.60. The number of para-hydroxylation sites is 2. The predicted octanol–water partition coefficient (Wildman–Crippen LogP) is 2.44. The molecule has 11 heteroatoms. The maximum atomic E-state index is 5.67. The molecule has 0 saturated carbocycles. The molecule has 3 fully saturated rings. The van der Waals surface area contributed by atoms with Gasteiger partial charge < -0.3 is 23.8 Å².